The molecule has 2 amide bonds. The van der Waals surface area contributed by atoms with Gasteiger partial charge >= 0.3 is 0 Å². The average Bonchev–Trinajstić information content (AvgIpc) is 3.31. The van der Waals surface area contributed by atoms with Gasteiger partial charge in [-0.15, -0.1) is 0 Å². The third-order valence-corrected chi connectivity index (χ3v) is 5.95. The molecule has 0 spiro atoms. The lowest BCUT2D eigenvalue weighted by Crippen LogP contribution is -2.49. The number of hydrogen-bond donors (Lipinski definition) is 2. The third-order valence-electron chi connectivity index (χ3n) is 5.95. The number of nitrogens with one attached hydrogen (secondary N) is 2. The van der Waals surface area contributed by atoms with E-state index in [-0.39, 0.29) is 11.8 Å². The van der Waals surface area contributed by atoms with Crippen LogP contribution in [0.1, 0.15) is 45.5 Å². The number of allylic oxidation sites excluding steroid dienone is 1. The number of benzene rings is 2. The SMILES string of the molecule is C=C1CCC(N2Cc3c(OCc4ccc5c(c4)CNC5)cccc3C2=O)C(=O)N1. The highest BCUT2D eigenvalue weighted by atomic mass is 16.5. The van der Waals surface area contributed by atoms with Crippen molar-refractivity contribution in [2.24, 2.45) is 0 Å². The Morgan fingerprint density at radius 1 is 1.14 bits per heavy atom. The fourth-order valence-corrected chi connectivity index (χ4v) is 4.37. The van der Waals surface area contributed by atoms with Crippen LogP contribution >= 0.6 is 0 Å². The van der Waals surface area contributed by atoms with Crippen LogP contribution in [0.5, 0.6) is 5.75 Å². The Labute approximate surface area is 169 Å². The molecule has 2 aromatic carbocycles. The highest BCUT2D eigenvalue weighted by molar-refractivity contribution is 6.02. The first kappa shape index (κ1) is 17.9. The maximum atomic E-state index is 12.9. The fourth-order valence-electron chi connectivity index (χ4n) is 4.37. The van der Waals surface area contributed by atoms with E-state index in [4.69, 9.17) is 4.74 Å². The number of ether oxygens (including phenoxy) is 1. The van der Waals surface area contributed by atoms with Gasteiger partial charge in [0.25, 0.3) is 5.91 Å². The number of fused-ring (bicyclic) bond motifs is 2. The number of carbonyl (C=O) groups is 2. The number of piperidine rings is 1. The molecule has 6 nitrogen and oxygen atoms in total. The highest BCUT2D eigenvalue weighted by Crippen LogP contribution is 2.34. The van der Waals surface area contributed by atoms with Crippen LogP contribution < -0.4 is 15.4 Å². The maximum Gasteiger partial charge on any atom is 0.255 e. The van der Waals surface area contributed by atoms with Crippen LogP contribution in [0.25, 0.3) is 0 Å². The van der Waals surface area contributed by atoms with Gasteiger partial charge in [0, 0.05) is 29.9 Å². The molecule has 1 saturated heterocycles. The summed E-state index contributed by atoms with van der Waals surface area (Å²) in [7, 11) is 0. The Morgan fingerprint density at radius 2 is 2.00 bits per heavy atom. The molecule has 6 heteroatoms. The lowest BCUT2D eigenvalue weighted by molar-refractivity contribution is -0.126. The molecule has 3 heterocycles. The summed E-state index contributed by atoms with van der Waals surface area (Å²) < 4.78 is 6.11. The van der Waals surface area contributed by atoms with Crippen molar-refractivity contribution < 1.29 is 14.3 Å². The second-order valence-electron chi connectivity index (χ2n) is 7.86. The first-order chi connectivity index (χ1) is 14.1. The summed E-state index contributed by atoms with van der Waals surface area (Å²) in [6.07, 6.45) is 1.29. The minimum atomic E-state index is -0.461. The summed E-state index contributed by atoms with van der Waals surface area (Å²) >= 11 is 0. The van der Waals surface area contributed by atoms with Crippen LogP contribution in [-0.4, -0.2) is 22.8 Å². The van der Waals surface area contributed by atoms with Crippen LogP contribution in [-0.2, 0) is 31.0 Å². The molecule has 1 unspecified atom stereocenters. The molecule has 0 bridgehead atoms. The summed E-state index contributed by atoms with van der Waals surface area (Å²) in [4.78, 5) is 27.0. The van der Waals surface area contributed by atoms with E-state index in [0.717, 1.165) is 24.2 Å². The molecular weight excluding hydrogens is 366 g/mol. The zero-order valence-corrected chi connectivity index (χ0v) is 16.2. The average molecular weight is 389 g/mol. The van der Waals surface area contributed by atoms with E-state index in [9.17, 15) is 9.59 Å². The predicted molar refractivity (Wildman–Crippen MR) is 108 cm³/mol. The van der Waals surface area contributed by atoms with Crippen LogP contribution in [0.15, 0.2) is 48.7 Å². The zero-order chi connectivity index (χ0) is 20.0. The second kappa shape index (κ2) is 7.04. The minimum absolute atomic E-state index is 0.110. The smallest absolute Gasteiger partial charge is 0.255 e. The number of amides is 2. The minimum Gasteiger partial charge on any atom is -0.489 e. The molecular formula is C23H23N3O3. The predicted octanol–water partition coefficient (Wildman–Crippen LogP) is 2.62. The Morgan fingerprint density at radius 3 is 2.86 bits per heavy atom. The molecule has 0 aromatic heterocycles. The van der Waals surface area contributed by atoms with Crippen LogP contribution in [0.2, 0.25) is 0 Å². The van der Waals surface area contributed by atoms with Gasteiger partial charge < -0.3 is 20.3 Å². The van der Waals surface area contributed by atoms with Crippen molar-refractivity contribution in [1.82, 2.24) is 15.5 Å². The van der Waals surface area contributed by atoms with Crippen molar-refractivity contribution >= 4 is 11.8 Å². The van der Waals surface area contributed by atoms with Gasteiger partial charge in [-0.25, -0.2) is 0 Å². The van der Waals surface area contributed by atoms with Gasteiger partial charge in [0.2, 0.25) is 5.91 Å². The molecule has 3 aliphatic rings. The molecule has 148 valence electrons. The van der Waals surface area contributed by atoms with Gasteiger partial charge in [0.1, 0.15) is 18.4 Å². The van der Waals surface area contributed by atoms with Gasteiger partial charge in [-0.3, -0.25) is 9.59 Å². The number of carbonyl (C=O) groups excluding carboxylic acids is 2. The van der Waals surface area contributed by atoms with Gasteiger partial charge in [0.05, 0.1) is 6.54 Å². The van der Waals surface area contributed by atoms with Crippen molar-refractivity contribution in [2.75, 3.05) is 0 Å². The van der Waals surface area contributed by atoms with Gasteiger partial charge in [-0.2, -0.15) is 0 Å². The Bertz CT molecular complexity index is 1030. The van der Waals surface area contributed by atoms with Gasteiger partial charge in [0.15, 0.2) is 0 Å². The van der Waals surface area contributed by atoms with Crippen LogP contribution in [0.3, 0.4) is 0 Å². The lowest BCUT2D eigenvalue weighted by Gasteiger charge is -2.31. The molecule has 1 atom stereocenters. The van der Waals surface area contributed by atoms with E-state index >= 15 is 0 Å². The van der Waals surface area contributed by atoms with Gasteiger partial charge in [-0.1, -0.05) is 30.8 Å². The van der Waals surface area contributed by atoms with Crippen molar-refractivity contribution in [3.8, 4) is 5.75 Å². The monoisotopic (exact) mass is 389 g/mol. The van der Waals surface area contributed by atoms with Crippen molar-refractivity contribution in [2.45, 2.75) is 45.1 Å². The first-order valence-corrected chi connectivity index (χ1v) is 9.96. The normalized spacial score (nSPS) is 20.5. The Balaban J connectivity index is 1.34. The molecule has 5 rings (SSSR count). The van der Waals surface area contributed by atoms with Crippen molar-refractivity contribution in [1.29, 1.82) is 0 Å². The standard InChI is InChI=1S/C23H23N3O3/c1-14-5-8-20(22(27)25-14)26-12-19-18(23(26)28)3-2-4-21(19)29-13-15-6-7-16-10-24-11-17(16)9-15/h2-4,6-7,9,20,24H,1,5,8,10-13H2,(H,25,27). The quantitative estimate of drug-likeness (QED) is 0.843. The van der Waals surface area contributed by atoms with E-state index in [1.54, 1.807) is 4.90 Å². The van der Waals surface area contributed by atoms with Crippen molar-refractivity contribution in [3.63, 3.8) is 0 Å². The van der Waals surface area contributed by atoms with Gasteiger partial charge in [-0.05, 0) is 41.7 Å². The summed E-state index contributed by atoms with van der Waals surface area (Å²) in [5.41, 5.74) is 5.95. The fraction of sp³-hybridized carbons (Fsp3) is 0.304. The highest BCUT2D eigenvalue weighted by Gasteiger charge is 2.39. The molecule has 2 N–H and O–H groups in total. The van der Waals surface area contributed by atoms with Crippen LogP contribution in [0.4, 0.5) is 0 Å². The first-order valence-electron chi connectivity index (χ1n) is 9.96. The molecule has 0 radical (unpaired) electrons. The van der Waals surface area contributed by atoms with E-state index in [1.807, 2.05) is 18.2 Å². The molecule has 29 heavy (non-hydrogen) atoms. The topological polar surface area (TPSA) is 70.7 Å². The van der Waals surface area contributed by atoms with E-state index in [2.05, 4.69) is 35.4 Å². The Hall–Kier alpha value is -3.12. The van der Waals surface area contributed by atoms with E-state index in [0.29, 0.717) is 43.0 Å². The molecule has 2 aromatic rings. The lowest BCUT2D eigenvalue weighted by atomic mass is 10.0. The summed E-state index contributed by atoms with van der Waals surface area (Å²) in [6, 6.07) is 11.5. The molecule has 0 saturated carbocycles. The second-order valence-corrected chi connectivity index (χ2v) is 7.86. The summed E-state index contributed by atoms with van der Waals surface area (Å²) in [5.74, 6) is 0.441. The molecule has 0 aliphatic carbocycles. The maximum absolute atomic E-state index is 12.9. The third kappa shape index (κ3) is 3.19. The van der Waals surface area contributed by atoms with E-state index in [1.165, 1.54) is 11.1 Å². The largest absolute Gasteiger partial charge is 0.489 e. The number of rotatable bonds is 4. The molecule has 3 aliphatic heterocycles. The van der Waals surface area contributed by atoms with Crippen LogP contribution in [0, 0.1) is 0 Å². The zero-order valence-electron chi connectivity index (χ0n) is 16.2. The van der Waals surface area contributed by atoms with E-state index < -0.39 is 6.04 Å². The van der Waals surface area contributed by atoms with Crippen molar-refractivity contribution in [3.05, 3.63) is 76.5 Å². The Kier molecular flexibility index (Phi) is 4.36. The number of hydrogen-bond acceptors (Lipinski definition) is 4. The summed E-state index contributed by atoms with van der Waals surface area (Å²) in [5, 5.41) is 6.12. The number of nitrogens with zero attached hydrogens (tertiary/aromatic N) is 1. The summed E-state index contributed by atoms with van der Waals surface area (Å²) in [6.45, 7) is 6.46. The molecule has 1 fully saturated rings.